The van der Waals surface area contributed by atoms with Crippen LogP contribution in [0.25, 0.3) is 0 Å². The Balaban J connectivity index is 2.49. The average molecular weight is 237 g/mol. The van der Waals surface area contributed by atoms with Crippen LogP contribution in [0, 0.1) is 0 Å². The number of aliphatic hydroxyl groups excluding tert-OH is 1. The van der Waals surface area contributed by atoms with Crippen LogP contribution in [0.1, 0.15) is 31.4 Å². The zero-order valence-electron chi connectivity index (χ0n) is 10.7. The lowest BCUT2D eigenvalue weighted by Gasteiger charge is -2.20. The number of benzene rings is 1. The van der Waals surface area contributed by atoms with Crippen LogP contribution >= 0.6 is 0 Å². The predicted octanol–water partition coefficient (Wildman–Crippen LogP) is 2.12. The maximum atomic E-state index is 9.63. The number of ether oxygens (including phenoxy) is 1. The quantitative estimate of drug-likeness (QED) is 0.727. The molecule has 96 valence electrons. The van der Waals surface area contributed by atoms with Crippen LogP contribution in [0.4, 0.5) is 0 Å². The van der Waals surface area contributed by atoms with Gasteiger partial charge >= 0.3 is 0 Å². The Hall–Kier alpha value is -0.900. The van der Waals surface area contributed by atoms with Crippen molar-refractivity contribution in [1.29, 1.82) is 0 Å². The Morgan fingerprint density at radius 3 is 2.59 bits per heavy atom. The van der Waals surface area contributed by atoms with E-state index in [-0.39, 0.29) is 0 Å². The molecule has 0 radical (unpaired) electrons. The fourth-order valence-electron chi connectivity index (χ4n) is 1.89. The minimum atomic E-state index is -0.442. The molecule has 3 heteroatoms. The van der Waals surface area contributed by atoms with E-state index in [9.17, 15) is 5.11 Å². The van der Waals surface area contributed by atoms with Crippen molar-refractivity contribution in [3.05, 3.63) is 35.9 Å². The van der Waals surface area contributed by atoms with Crippen LogP contribution in [0.3, 0.4) is 0 Å². The first-order valence-electron chi connectivity index (χ1n) is 6.23. The highest BCUT2D eigenvalue weighted by atomic mass is 16.5. The van der Waals surface area contributed by atoms with E-state index in [0.717, 1.165) is 12.8 Å². The van der Waals surface area contributed by atoms with Gasteiger partial charge in [-0.25, -0.2) is 0 Å². The zero-order chi connectivity index (χ0) is 12.5. The van der Waals surface area contributed by atoms with Crippen LogP contribution in [-0.2, 0) is 4.74 Å². The standard InChI is InChI=1S/C14H23NO2/c1-3-7-14(12-8-5-4-6-9-12)15-10-13(16)11-17-2/h4-6,8-9,13-16H,3,7,10-11H2,1-2H3. The fourth-order valence-corrected chi connectivity index (χ4v) is 1.89. The predicted molar refractivity (Wildman–Crippen MR) is 70.0 cm³/mol. The number of methoxy groups -OCH3 is 1. The van der Waals surface area contributed by atoms with E-state index in [2.05, 4.69) is 24.4 Å². The molecular weight excluding hydrogens is 214 g/mol. The van der Waals surface area contributed by atoms with E-state index >= 15 is 0 Å². The molecule has 2 atom stereocenters. The van der Waals surface area contributed by atoms with E-state index < -0.39 is 6.10 Å². The Morgan fingerprint density at radius 2 is 2.00 bits per heavy atom. The Labute approximate surface area is 104 Å². The number of hydrogen-bond acceptors (Lipinski definition) is 3. The van der Waals surface area contributed by atoms with Crippen LogP contribution in [0.5, 0.6) is 0 Å². The van der Waals surface area contributed by atoms with Gasteiger partial charge in [0, 0.05) is 19.7 Å². The van der Waals surface area contributed by atoms with Gasteiger partial charge in [0.05, 0.1) is 12.7 Å². The summed E-state index contributed by atoms with van der Waals surface area (Å²) in [5.41, 5.74) is 1.28. The largest absolute Gasteiger partial charge is 0.389 e. The summed E-state index contributed by atoms with van der Waals surface area (Å²) in [7, 11) is 1.60. The SMILES string of the molecule is CCCC(NCC(O)COC)c1ccccc1. The highest BCUT2D eigenvalue weighted by molar-refractivity contribution is 5.18. The molecule has 2 N–H and O–H groups in total. The van der Waals surface area contributed by atoms with Crippen molar-refractivity contribution < 1.29 is 9.84 Å². The summed E-state index contributed by atoms with van der Waals surface area (Å²) in [4.78, 5) is 0. The molecule has 3 nitrogen and oxygen atoms in total. The van der Waals surface area contributed by atoms with E-state index in [1.165, 1.54) is 5.56 Å². The molecule has 17 heavy (non-hydrogen) atoms. The van der Waals surface area contributed by atoms with Crippen molar-refractivity contribution in [2.45, 2.75) is 31.9 Å². The molecule has 1 rings (SSSR count). The Bertz CT molecular complexity index is 290. The maximum absolute atomic E-state index is 9.63. The fraction of sp³-hybridized carbons (Fsp3) is 0.571. The first-order chi connectivity index (χ1) is 8.27. The zero-order valence-corrected chi connectivity index (χ0v) is 10.7. The first kappa shape index (κ1) is 14.2. The second-order valence-corrected chi connectivity index (χ2v) is 4.27. The molecule has 0 amide bonds. The molecule has 0 aliphatic rings. The Kier molecular flexibility index (Phi) is 6.86. The first-order valence-corrected chi connectivity index (χ1v) is 6.23. The molecule has 0 saturated heterocycles. The van der Waals surface area contributed by atoms with Gasteiger partial charge in [0.15, 0.2) is 0 Å². The summed E-state index contributed by atoms with van der Waals surface area (Å²) in [5.74, 6) is 0. The van der Waals surface area contributed by atoms with Gasteiger partial charge < -0.3 is 15.2 Å². The second-order valence-electron chi connectivity index (χ2n) is 4.27. The topological polar surface area (TPSA) is 41.5 Å². The lowest BCUT2D eigenvalue weighted by atomic mass is 10.0. The van der Waals surface area contributed by atoms with Crippen LogP contribution in [0.2, 0.25) is 0 Å². The van der Waals surface area contributed by atoms with Crippen molar-refractivity contribution in [3.8, 4) is 0 Å². The third-order valence-corrected chi connectivity index (χ3v) is 2.74. The van der Waals surface area contributed by atoms with Gasteiger partial charge in [-0.3, -0.25) is 0 Å². The summed E-state index contributed by atoms with van der Waals surface area (Å²) in [6.07, 6.45) is 1.75. The Morgan fingerprint density at radius 1 is 1.29 bits per heavy atom. The monoisotopic (exact) mass is 237 g/mol. The normalized spacial score (nSPS) is 14.5. The molecule has 2 unspecified atom stereocenters. The number of aliphatic hydroxyl groups is 1. The van der Waals surface area contributed by atoms with Crippen molar-refractivity contribution in [3.63, 3.8) is 0 Å². The van der Waals surface area contributed by atoms with Crippen LogP contribution in [-0.4, -0.2) is 31.5 Å². The van der Waals surface area contributed by atoms with Gasteiger partial charge in [0.2, 0.25) is 0 Å². The third kappa shape index (κ3) is 5.31. The molecule has 0 aliphatic carbocycles. The van der Waals surface area contributed by atoms with Crippen LogP contribution in [0.15, 0.2) is 30.3 Å². The van der Waals surface area contributed by atoms with Gasteiger partial charge in [-0.1, -0.05) is 43.7 Å². The molecule has 0 bridgehead atoms. The molecule has 0 heterocycles. The van der Waals surface area contributed by atoms with Gasteiger partial charge in [-0.15, -0.1) is 0 Å². The van der Waals surface area contributed by atoms with Crippen molar-refractivity contribution in [2.24, 2.45) is 0 Å². The summed E-state index contributed by atoms with van der Waals surface area (Å²) in [6.45, 7) is 3.11. The highest BCUT2D eigenvalue weighted by Gasteiger charge is 2.11. The van der Waals surface area contributed by atoms with Gasteiger partial charge in [0.1, 0.15) is 0 Å². The molecule has 0 aromatic heterocycles. The highest BCUT2D eigenvalue weighted by Crippen LogP contribution is 2.17. The number of rotatable bonds is 8. The number of nitrogens with one attached hydrogen (secondary N) is 1. The van der Waals surface area contributed by atoms with Gasteiger partial charge in [-0.2, -0.15) is 0 Å². The molecular formula is C14H23NO2. The van der Waals surface area contributed by atoms with E-state index in [0.29, 0.717) is 19.2 Å². The molecule has 0 saturated carbocycles. The minimum Gasteiger partial charge on any atom is -0.389 e. The van der Waals surface area contributed by atoms with Crippen molar-refractivity contribution >= 4 is 0 Å². The van der Waals surface area contributed by atoms with E-state index in [1.807, 2.05) is 18.2 Å². The average Bonchev–Trinajstić information content (AvgIpc) is 2.36. The summed E-state index contributed by atoms with van der Waals surface area (Å²) < 4.78 is 4.91. The lowest BCUT2D eigenvalue weighted by Crippen LogP contribution is -2.32. The third-order valence-electron chi connectivity index (χ3n) is 2.74. The molecule has 0 fully saturated rings. The molecule has 1 aromatic carbocycles. The van der Waals surface area contributed by atoms with Crippen molar-refractivity contribution in [1.82, 2.24) is 5.32 Å². The van der Waals surface area contributed by atoms with Crippen LogP contribution < -0.4 is 5.32 Å². The van der Waals surface area contributed by atoms with Crippen molar-refractivity contribution in [2.75, 3.05) is 20.3 Å². The summed E-state index contributed by atoms with van der Waals surface area (Å²) >= 11 is 0. The van der Waals surface area contributed by atoms with E-state index in [4.69, 9.17) is 4.74 Å². The smallest absolute Gasteiger partial charge is 0.0897 e. The molecule has 0 aliphatic heterocycles. The van der Waals surface area contributed by atoms with Gasteiger partial charge in [0.25, 0.3) is 0 Å². The molecule has 0 spiro atoms. The maximum Gasteiger partial charge on any atom is 0.0897 e. The number of hydrogen-bond donors (Lipinski definition) is 2. The molecule has 1 aromatic rings. The lowest BCUT2D eigenvalue weighted by molar-refractivity contribution is 0.0624. The van der Waals surface area contributed by atoms with E-state index in [1.54, 1.807) is 7.11 Å². The minimum absolute atomic E-state index is 0.313. The summed E-state index contributed by atoms with van der Waals surface area (Å²) in [5, 5.41) is 13.0. The second kappa shape index (κ2) is 8.23. The van der Waals surface area contributed by atoms with Gasteiger partial charge in [-0.05, 0) is 12.0 Å². The summed E-state index contributed by atoms with van der Waals surface area (Å²) in [6, 6.07) is 10.7.